The summed E-state index contributed by atoms with van der Waals surface area (Å²) in [4.78, 5) is 2.74. The zero-order valence-electron chi connectivity index (χ0n) is 13.3. The van der Waals surface area contributed by atoms with Gasteiger partial charge in [0.2, 0.25) is 0 Å². The lowest BCUT2D eigenvalue weighted by atomic mass is 9.81. The van der Waals surface area contributed by atoms with Crippen LogP contribution in [0.25, 0.3) is 0 Å². The van der Waals surface area contributed by atoms with Gasteiger partial charge in [-0.15, -0.1) is 0 Å². The van der Waals surface area contributed by atoms with E-state index in [0.29, 0.717) is 17.0 Å². The molecule has 0 bridgehead atoms. The van der Waals surface area contributed by atoms with Crippen molar-refractivity contribution in [3.05, 3.63) is 0 Å². The van der Waals surface area contributed by atoms with Gasteiger partial charge in [-0.2, -0.15) is 0 Å². The third-order valence-corrected chi connectivity index (χ3v) is 5.04. The average Bonchev–Trinajstić information content (AvgIpc) is 2.80. The van der Waals surface area contributed by atoms with E-state index in [1.165, 1.54) is 38.8 Å². The number of hydrogen-bond donors (Lipinski definition) is 1. The Labute approximate surface area is 119 Å². The van der Waals surface area contributed by atoms with Crippen molar-refractivity contribution in [3.63, 3.8) is 0 Å². The van der Waals surface area contributed by atoms with Crippen molar-refractivity contribution in [1.82, 2.24) is 10.2 Å². The Balaban J connectivity index is 2.01. The molecule has 1 N–H and O–H groups in total. The zero-order chi connectivity index (χ0) is 13.9. The highest BCUT2D eigenvalue weighted by Gasteiger charge is 2.45. The van der Waals surface area contributed by atoms with Crippen LogP contribution in [0, 0.1) is 5.41 Å². The quantitative estimate of drug-likeness (QED) is 0.793. The monoisotopic (exact) mass is 268 g/mol. The molecule has 1 heterocycles. The van der Waals surface area contributed by atoms with Crippen LogP contribution in [-0.4, -0.2) is 49.3 Å². The van der Waals surface area contributed by atoms with E-state index in [1.54, 1.807) is 0 Å². The minimum absolute atomic E-state index is 0.337. The van der Waals surface area contributed by atoms with E-state index in [4.69, 9.17) is 4.74 Å². The third-order valence-electron chi connectivity index (χ3n) is 5.04. The number of nitrogens with zero attached hydrogens (tertiary/aromatic N) is 1. The van der Waals surface area contributed by atoms with Gasteiger partial charge >= 0.3 is 0 Å². The molecule has 2 rings (SSSR count). The number of nitrogens with one attached hydrogen (secondary N) is 1. The predicted octanol–water partition coefficient (Wildman–Crippen LogP) is 2.66. The van der Waals surface area contributed by atoms with Crippen LogP contribution in [-0.2, 0) is 4.74 Å². The molecule has 1 saturated carbocycles. The van der Waals surface area contributed by atoms with Crippen LogP contribution in [0.15, 0.2) is 0 Å². The van der Waals surface area contributed by atoms with Crippen molar-refractivity contribution in [3.8, 4) is 0 Å². The fourth-order valence-electron chi connectivity index (χ4n) is 3.66. The fraction of sp³-hybridized carbons (Fsp3) is 1.00. The van der Waals surface area contributed by atoms with Gasteiger partial charge in [0.05, 0.1) is 6.61 Å². The SMILES string of the molecule is CCOCCN1CC(C(C)(C)C)NCC12CCCC2. The molecule has 1 atom stereocenters. The van der Waals surface area contributed by atoms with Crippen LogP contribution in [0.2, 0.25) is 0 Å². The third kappa shape index (κ3) is 3.50. The van der Waals surface area contributed by atoms with E-state index in [9.17, 15) is 0 Å². The van der Waals surface area contributed by atoms with Crippen LogP contribution in [0.3, 0.4) is 0 Å². The second kappa shape index (κ2) is 6.11. The summed E-state index contributed by atoms with van der Waals surface area (Å²) < 4.78 is 5.60. The summed E-state index contributed by atoms with van der Waals surface area (Å²) in [6, 6.07) is 0.598. The highest BCUT2D eigenvalue weighted by Crippen LogP contribution is 2.38. The van der Waals surface area contributed by atoms with E-state index in [0.717, 1.165) is 19.8 Å². The van der Waals surface area contributed by atoms with Crippen LogP contribution in [0.4, 0.5) is 0 Å². The molecule has 0 aromatic rings. The molecule has 2 aliphatic rings. The Morgan fingerprint density at radius 1 is 1.26 bits per heavy atom. The molecule has 1 saturated heterocycles. The first-order chi connectivity index (χ1) is 8.98. The number of piperazine rings is 1. The van der Waals surface area contributed by atoms with Crippen LogP contribution >= 0.6 is 0 Å². The molecule has 1 unspecified atom stereocenters. The Hall–Kier alpha value is -0.120. The normalized spacial score (nSPS) is 28.1. The minimum Gasteiger partial charge on any atom is -0.380 e. The number of rotatable bonds is 4. The lowest BCUT2D eigenvalue weighted by Gasteiger charge is -2.51. The zero-order valence-corrected chi connectivity index (χ0v) is 13.3. The molecule has 1 spiro atoms. The molecule has 3 nitrogen and oxygen atoms in total. The first-order valence-corrected chi connectivity index (χ1v) is 8.04. The first kappa shape index (κ1) is 15.3. The van der Waals surface area contributed by atoms with Crippen molar-refractivity contribution in [1.29, 1.82) is 0 Å². The maximum absolute atomic E-state index is 5.60. The predicted molar refractivity (Wildman–Crippen MR) is 80.5 cm³/mol. The van der Waals surface area contributed by atoms with Crippen molar-refractivity contribution >= 4 is 0 Å². The van der Waals surface area contributed by atoms with Crippen molar-refractivity contribution in [2.75, 3.05) is 32.8 Å². The summed E-state index contributed by atoms with van der Waals surface area (Å²) in [5.74, 6) is 0. The van der Waals surface area contributed by atoms with Gasteiger partial charge in [0.1, 0.15) is 0 Å². The smallest absolute Gasteiger partial charge is 0.0593 e. The molecule has 1 aliphatic heterocycles. The van der Waals surface area contributed by atoms with Gasteiger partial charge in [-0.1, -0.05) is 33.6 Å². The van der Waals surface area contributed by atoms with E-state index in [1.807, 2.05) is 0 Å². The Morgan fingerprint density at radius 2 is 1.95 bits per heavy atom. The summed E-state index contributed by atoms with van der Waals surface area (Å²) in [5.41, 5.74) is 0.767. The Bertz CT molecular complexity index is 279. The summed E-state index contributed by atoms with van der Waals surface area (Å²) in [5, 5.41) is 3.83. The van der Waals surface area contributed by atoms with Crippen molar-refractivity contribution in [2.24, 2.45) is 5.41 Å². The number of ether oxygens (including phenoxy) is 1. The van der Waals surface area contributed by atoms with E-state index >= 15 is 0 Å². The standard InChI is InChI=1S/C16H32N2O/c1-5-19-11-10-18-12-14(15(2,3)4)17-13-16(18)8-6-7-9-16/h14,17H,5-13H2,1-4H3. The molecular formula is C16H32N2O. The first-order valence-electron chi connectivity index (χ1n) is 8.04. The van der Waals surface area contributed by atoms with Crippen LogP contribution < -0.4 is 5.32 Å². The largest absolute Gasteiger partial charge is 0.380 e. The highest BCUT2D eigenvalue weighted by molar-refractivity contribution is 5.03. The van der Waals surface area contributed by atoms with Crippen molar-refractivity contribution in [2.45, 2.75) is 65.0 Å². The lowest BCUT2D eigenvalue weighted by molar-refractivity contribution is -0.00364. The molecule has 19 heavy (non-hydrogen) atoms. The second-order valence-corrected chi connectivity index (χ2v) is 7.37. The second-order valence-electron chi connectivity index (χ2n) is 7.37. The molecular weight excluding hydrogens is 236 g/mol. The Kier molecular flexibility index (Phi) is 4.91. The van der Waals surface area contributed by atoms with E-state index < -0.39 is 0 Å². The van der Waals surface area contributed by atoms with Gasteiger partial charge in [0.25, 0.3) is 0 Å². The molecule has 0 amide bonds. The van der Waals surface area contributed by atoms with Gasteiger partial charge in [-0.05, 0) is 25.2 Å². The van der Waals surface area contributed by atoms with Gasteiger partial charge < -0.3 is 10.1 Å². The maximum Gasteiger partial charge on any atom is 0.0593 e. The summed E-state index contributed by atoms with van der Waals surface area (Å²) in [7, 11) is 0. The minimum atomic E-state index is 0.337. The van der Waals surface area contributed by atoms with Gasteiger partial charge in [-0.3, -0.25) is 4.90 Å². The molecule has 0 aromatic carbocycles. The maximum atomic E-state index is 5.60. The highest BCUT2D eigenvalue weighted by atomic mass is 16.5. The van der Waals surface area contributed by atoms with E-state index in [2.05, 4.69) is 37.9 Å². The molecule has 3 heteroatoms. The summed E-state index contributed by atoms with van der Waals surface area (Å²) in [6.07, 6.45) is 5.52. The van der Waals surface area contributed by atoms with Gasteiger partial charge in [-0.25, -0.2) is 0 Å². The number of hydrogen-bond acceptors (Lipinski definition) is 3. The molecule has 0 radical (unpaired) electrons. The lowest BCUT2D eigenvalue weighted by Crippen LogP contribution is -2.66. The van der Waals surface area contributed by atoms with Crippen LogP contribution in [0.5, 0.6) is 0 Å². The molecule has 0 aromatic heterocycles. The molecule has 2 fully saturated rings. The average molecular weight is 268 g/mol. The van der Waals surface area contributed by atoms with Crippen molar-refractivity contribution < 1.29 is 4.74 Å². The fourth-order valence-corrected chi connectivity index (χ4v) is 3.66. The Morgan fingerprint density at radius 3 is 2.53 bits per heavy atom. The molecule has 112 valence electrons. The summed E-state index contributed by atoms with van der Waals surface area (Å²) >= 11 is 0. The van der Waals surface area contributed by atoms with Crippen LogP contribution in [0.1, 0.15) is 53.4 Å². The van der Waals surface area contributed by atoms with E-state index in [-0.39, 0.29) is 0 Å². The van der Waals surface area contributed by atoms with Gasteiger partial charge in [0, 0.05) is 37.8 Å². The molecule has 1 aliphatic carbocycles. The van der Waals surface area contributed by atoms with Gasteiger partial charge in [0.15, 0.2) is 0 Å². The topological polar surface area (TPSA) is 24.5 Å². The summed E-state index contributed by atoms with van der Waals surface area (Å²) in [6.45, 7) is 14.3.